The third kappa shape index (κ3) is 4.68. The van der Waals surface area contributed by atoms with Crippen LogP contribution >= 0.6 is 11.3 Å². The smallest absolute Gasteiger partial charge is 0.261 e. The van der Waals surface area contributed by atoms with Gasteiger partial charge >= 0.3 is 0 Å². The minimum absolute atomic E-state index is 0.0340. The molecule has 35 heavy (non-hydrogen) atoms. The Morgan fingerprint density at radius 2 is 1.77 bits per heavy atom. The highest BCUT2D eigenvalue weighted by molar-refractivity contribution is 7.20. The van der Waals surface area contributed by atoms with Gasteiger partial charge in [-0.3, -0.25) is 4.79 Å². The summed E-state index contributed by atoms with van der Waals surface area (Å²) in [6.45, 7) is 10.2. The number of rotatable bonds is 5. The van der Waals surface area contributed by atoms with Crippen LogP contribution in [0.25, 0.3) is 10.2 Å². The maximum atomic E-state index is 13.3. The summed E-state index contributed by atoms with van der Waals surface area (Å²) in [6, 6.07) is 8.47. The number of nitrogens with zero attached hydrogens (tertiary/aromatic N) is 4. The van der Waals surface area contributed by atoms with E-state index in [9.17, 15) is 4.79 Å². The molecule has 7 nitrogen and oxygen atoms in total. The molecule has 1 amide bonds. The second kappa shape index (κ2) is 10.0. The topological polar surface area (TPSA) is 70.6 Å². The molecule has 186 valence electrons. The first-order chi connectivity index (χ1) is 17.0. The third-order valence-electron chi connectivity index (χ3n) is 7.95. The van der Waals surface area contributed by atoms with E-state index in [-0.39, 0.29) is 11.9 Å². The number of methoxy groups -OCH3 is 1. The number of anilines is 2. The highest BCUT2D eigenvalue weighted by atomic mass is 32.1. The standard InChI is InChI=1S/C27H35N5O2S/c1-17-6-5-7-22(18(17)2)30-26(33)24-19(3)23-25(28-16-29-27(23)35-24)32-14-12-31(13-15-32)20-8-10-21(34-4)11-9-20/h8-11,16-18,22H,5-7,12-15H2,1-4H3,(H,30,33)/t17-,18+,22-/m1/s1. The summed E-state index contributed by atoms with van der Waals surface area (Å²) in [5.41, 5.74) is 2.20. The van der Waals surface area contributed by atoms with E-state index in [1.54, 1.807) is 13.4 Å². The van der Waals surface area contributed by atoms with E-state index in [1.165, 1.54) is 29.9 Å². The minimum Gasteiger partial charge on any atom is -0.497 e. The van der Waals surface area contributed by atoms with Crippen molar-refractivity contribution in [3.05, 3.63) is 41.0 Å². The molecule has 3 heterocycles. The number of carbonyl (C=O) groups is 1. The van der Waals surface area contributed by atoms with E-state index in [0.29, 0.717) is 11.8 Å². The van der Waals surface area contributed by atoms with Crippen LogP contribution in [0.15, 0.2) is 30.6 Å². The van der Waals surface area contributed by atoms with E-state index in [1.807, 2.05) is 19.1 Å². The molecule has 0 bridgehead atoms. The fourth-order valence-electron chi connectivity index (χ4n) is 5.50. The van der Waals surface area contributed by atoms with Crippen molar-refractivity contribution < 1.29 is 9.53 Å². The predicted octanol–water partition coefficient (Wildman–Crippen LogP) is 4.89. The van der Waals surface area contributed by atoms with E-state index >= 15 is 0 Å². The van der Waals surface area contributed by atoms with Gasteiger partial charge in [0, 0.05) is 37.9 Å². The number of nitrogens with one attached hydrogen (secondary N) is 1. The number of hydrogen-bond acceptors (Lipinski definition) is 7. The summed E-state index contributed by atoms with van der Waals surface area (Å²) >= 11 is 1.49. The normalized spacial score (nSPS) is 22.9. The third-order valence-corrected chi connectivity index (χ3v) is 9.15. The highest BCUT2D eigenvalue weighted by Crippen LogP contribution is 2.36. The number of amides is 1. The van der Waals surface area contributed by atoms with Crippen LogP contribution in [0.3, 0.4) is 0 Å². The Morgan fingerprint density at radius 3 is 2.49 bits per heavy atom. The maximum Gasteiger partial charge on any atom is 0.261 e. The Balaban J connectivity index is 1.33. The maximum absolute atomic E-state index is 13.3. The summed E-state index contributed by atoms with van der Waals surface area (Å²) < 4.78 is 5.29. The SMILES string of the molecule is COc1ccc(N2CCN(c3ncnc4sc(C(=O)N[C@@H]5CCC[C@@H](C)[C@@H]5C)c(C)c34)CC2)cc1. The second-order valence-electron chi connectivity index (χ2n) is 9.95. The average Bonchev–Trinajstić information content (AvgIpc) is 3.24. The molecule has 5 rings (SSSR count). The lowest BCUT2D eigenvalue weighted by molar-refractivity contribution is 0.0894. The lowest BCUT2D eigenvalue weighted by Crippen LogP contribution is -2.47. The van der Waals surface area contributed by atoms with Crippen LogP contribution in [0.2, 0.25) is 0 Å². The molecule has 1 N–H and O–H groups in total. The summed E-state index contributed by atoms with van der Waals surface area (Å²) in [6.07, 6.45) is 5.13. The molecule has 2 aliphatic rings. The first-order valence-corrected chi connectivity index (χ1v) is 13.5. The number of aromatic nitrogens is 2. The van der Waals surface area contributed by atoms with Crippen molar-refractivity contribution in [2.24, 2.45) is 11.8 Å². The lowest BCUT2D eigenvalue weighted by atomic mass is 9.78. The van der Waals surface area contributed by atoms with E-state index in [2.05, 4.69) is 51.1 Å². The van der Waals surface area contributed by atoms with Crippen LogP contribution in [0.1, 0.15) is 48.3 Å². The molecular formula is C27H35N5O2S. The van der Waals surface area contributed by atoms with Gasteiger partial charge in [0.05, 0.1) is 17.4 Å². The fourth-order valence-corrected chi connectivity index (χ4v) is 6.54. The summed E-state index contributed by atoms with van der Waals surface area (Å²) in [5.74, 6) is 2.99. The van der Waals surface area contributed by atoms with Crippen LogP contribution < -0.4 is 19.9 Å². The molecule has 0 unspecified atom stereocenters. The van der Waals surface area contributed by atoms with Crippen molar-refractivity contribution in [2.45, 2.75) is 46.1 Å². The Morgan fingerprint density at radius 1 is 1.06 bits per heavy atom. The van der Waals surface area contributed by atoms with Gasteiger partial charge < -0.3 is 19.9 Å². The predicted molar refractivity (Wildman–Crippen MR) is 143 cm³/mol. The van der Waals surface area contributed by atoms with Gasteiger partial charge in [-0.05, 0) is 55.0 Å². The van der Waals surface area contributed by atoms with Crippen molar-refractivity contribution >= 4 is 39.0 Å². The van der Waals surface area contributed by atoms with Gasteiger partial charge in [0.1, 0.15) is 22.7 Å². The van der Waals surface area contributed by atoms with Crippen LogP contribution in [0.4, 0.5) is 11.5 Å². The zero-order chi connectivity index (χ0) is 24.5. The number of ether oxygens (including phenoxy) is 1. The number of hydrogen-bond donors (Lipinski definition) is 1. The zero-order valence-electron chi connectivity index (χ0n) is 21.1. The number of carbonyl (C=O) groups excluding carboxylic acids is 1. The van der Waals surface area contributed by atoms with Crippen molar-refractivity contribution in [3.63, 3.8) is 0 Å². The van der Waals surface area contributed by atoms with Crippen LogP contribution in [0.5, 0.6) is 5.75 Å². The van der Waals surface area contributed by atoms with Gasteiger partial charge in [0.2, 0.25) is 0 Å². The van der Waals surface area contributed by atoms with Crippen LogP contribution in [-0.2, 0) is 0 Å². The van der Waals surface area contributed by atoms with Gasteiger partial charge in [-0.15, -0.1) is 11.3 Å². The number of fused-ring (bicyclic) bond motifs is 1. The molecule has 1 aliphatic carbocycles. The zero-order valence-corrected chi connectivity index (χ0v) is 21.9. The minimum atomic E-state index is 0.0340. The molecule has 0 radical (unpaired) electrons. The molecule has 1 aromatic carbocycles. The lowest BCUT2D eigenvalue weighted by Gasteiger charge is -2.37. The molecule has 2 fully saturated rings. The summed E-state index contributed by atoms with van der Waals surface area (Å²) in [7, 11) is 1.69. The summed E-state index contributed by atoms with van der Waals surface area (Å²) in [4.78, 5) is 28.9. The van der Waals surface area contributed by atoms with Gasteiger partial charge in [-0.1, -0.05) is 26.7 Å². The number of thiophene rings is 1. The Bertz CT molecular complexity index is 1190. The van der Waals surface area contributed by atoms with Crippen LogP contribution in [-0.4, -0.2) is 55.2 Å². The molecule has 1 saturated heterocycles. The number of benzene rings is 1. The van der Waals surface area contributed by atoms with Gasteiger partial charge in [-0.25, -0.2) is 9.97 Å². The Hall–Kier alpha value is -2.87. The number of aryl methyl sites for hydroxylation is 1. The molecule has 8 heteroatoms. The molecule has 1 aliphatic heterocycles. The molecule has 3 aromatic rings. The molecule has 1 saturated carbocycles. The number of piperazine rings is 1. The highest BCUT2D eigenvalue weighted by Gasteiger charge is 2.30. The first-order valence-electron chi connectivity index (χ1n) is 12.6. The second-order valence-corrected chi connectivity index (χ2v) is 11.0. The molecular weight excluding hydrogens is 458 g/mol. The monoisotopic (exact) mass is 493 g/mol. The average molecular weight is 494 g/mol. The van der Waals surface area contributed by atoms with Crippen molar-refractivity contribution in [1.82, 2.24) is 15.3 Å². The quantitative estimate of drug-likeness (QED) is 0.546. The van der Waals surface area contributed by atoms with Crippen molar-refractivity contribution in [3.8, 4) is 5.75 Å². The molecule has 0 spiro atoms. The van der Waals surface area contributed by atoms with E-state index < -0.39 is 0 Å². The van der Waals surface area contributed by atoms with E-state index in [4.69, 9.17) is 4.74 Å². The largest absolute Gasteiger partial charge is 0.497 e. The molecule has 2 aromatic heterocycles. The fraction of sp³-hybridized carbons (Fsp3) is 0.519. The van der Waals surface area contributed by atoms with Crippen molar-refractivity contribution in [2.75, 3.05) is 43.1 Å². The van der Waals surface area contributed by atoms with Gasteiger partial charge in [-0.2, -0.15) is 0 Å². The van der Waals surface area contributed by atoms with Gasteiger partial charge in [0.25, 0.3) is 5.91 Å². The first kappa shape index (κ1) is 23.9. The Labute approximate surface area is 211 Å². The van der Waals surface area contributed by atoms with Gasteiger partial charge in [0.15, 0.2) is 0 Å². The molecule has 3 atom stereocenters. The van der Waals surface area contributed by atoms with Crippen molar-refractivity contribution in [1.29, 1.82) is 0 Å². The Kier molecular flexibility index (Phi) is 6.82. The van der Waals surface area contributed by atoms with E-state index in [0.717, 1.165) is 64.8 Å². The van der Waals surface area contributed by atoms with Crippen LogP contribution in [0, 0.1) is 18.8 Å². The summed E-state index contributed by atoms with van der Waals surface area (Å²) in [5, 5.41) is 4.36.